The summed E-state index contributed by atoms with van der Waals surface area (Å²) in [5.41, 5.74) is 5.04. The average Bonchev–Trinajstić information content (AvgIpc) is 3.05. The highest BCUT2D eigenvalue weighted by atomic mass is 79.9. The second-order valence-corrected chi connectivity index (χ2v) is 9.57. The number of fused-ring (bicyclic) bond motifs is 2. The van der Waals surface area contributed by atoms with E-state index in [-0.39, 0.29) is 0 Å². The third-order valence-electron chi connectivity index (χ3n) is 6.29. The molecule has 0 fully saturated rings. The van der Waals surface area contributed by atoms with E-state index in [4.69, 9.17) is 1.37 Å². The van der Waals surface area contributed by atoms with E-state index in [0.29, 0.717) is 5.56 Å². The zero-order chi connectivity index (χ0) is 29.6. The molecule has 0 aliphatic rings. The summed E-state index contributed by atoms with van der Waals surface area (Å²) in [5, 5.41) is 14.0. The van der Waals surface area contributed by atoms with Gasteiger partial charge in [-0.1, -0.05) is 97.1 Å². The van der Waals surface area contributed by atoms with Crippen molar-refractivity contribution in [2.24, 2.45) is 0 Å². The van der Waals surface area contributed by atoms with Crippen LogP contribution in [0.4, 0.5) is 4.39 Å². The first-order chi connectivity index (χ1) is 20.6. The second kappa shape index (κ2) is 15.0. The fraction of sp³-hybridized carbons (Fsp3) is 0.0278. The molecule has 0 aliphatic carbocycles. The third-order valence-corrected chi connectivity index (χ3v) is 7.17. The van der Waals surface area contributed by atoms with Gasteiger partial charge in [0, 0.05) is 34.6 Å². The van der Waals surface area contributed by atoms with Gasteiger partial charge in [-0.05, 0) is 78.6 Å². The Morgan fingerprint density at radius 2 is 1.12 bits per heavy atom. The molecule has 0 atom stereocenters. The summed E-state index contributed by atoms with van der Waals surface area (Å²) in [5.74, 6) is 0. The van der Waals surface area contributed by atoms with Crippen LogP contribution in [0, 0.1) is 11.3 Å². The minimum absolute atomic E-state index is 0.716. The predicted octanol–water partition coefficient (Wildman–Crippen LogP) is 10.0. The predicted molar refractivity (Wildman–Crippen MR) is 174 cm³/mol. The van der Waals surface area contributed by atoms with Crippen LogP contribution in [0.2, 0.25) is 0 Å². The fourth-order valence-electron chi connectivity index (χ4n) is 4.25. The molecule has 2 aromatic heterocycles. The molecule has 200 valence electrons. The van der Waals surface area contributed by atoms with Gasteiger partial charge in [-0.15, -0.1) is 0 Å². The van der Waals surface area contributed by atoms with E-state index in [1.807, 2.05) is 72.8 Å². The molecule has 0 aliphatic heterocycles. The number of pyridine rings is 2. The topological polar surface area (TPSA) is 49.6 Å². The fourth-order valence-corrected chi connectivity index (χ4v) is 4.88. The molecule has 2 heterocycles. The summed E-state index contributed by atoms with van der Waals surface area (Å²) < 4.78 is 16.6. The zero-order valence-electron chi connectivity index (χ0n) is 23.2. The van der Waals surface area contributed by atoms with Crippen LogP contribution in [-0.4, -0.2) is 17.1 Å². The molecule has 0 saturated carbocycles. The number of benzene rings is 4. The van der Waals surface area contributed by atoms with Crippen LogP contribution >= 0.6 is 15.9 Å². The first-order valence-corrected chi connectivity index (χ1v) is 13.5. The number of rotatable bonds is 4. The Hall–Kier alpha value is -4.92. The lowest BCUT2D eigenvalue weighted by Gasteiger charge is -2.04. The SMILES string of the molecule is Brc1c(/C=C/c2ccncc2)ccc2ccccc12.N#Cc1c(/C=C/c2ccncc2)ccc2ccccc12.[2H]CF. The highest BCUT2D eigenvalue weighted by molar-refractivity contribution is 9.10. The number of nitriles is 1. The first-order valence-electron chi connectivity index (χ1n) is 13.5. The average molecular weight is 602 g/mol. The highest BCUT2D eigenvalue weighted by Gasteiger charge is 2.04. The first kappa shape index (κ1) is 27.6. The molecular formula is C36H27BrFN3. The van der Waals surface area contributed by atoms with Gasteiger partial charge in [-0.3, -0.25) is 14.4 Å². The molecule has 0 spiro atoms. The number of aromatic nitrogens is 2. The summed E-state index contributed by atoms with van der Waals surface area (Å²) in [4.78, 5) is 8.00. The Morgan fingerprint density at radius 3 is 1.68 bits per heavy atom. The van der Waals surface area contributed by atoms with Crippen molar-refractivity contribution in [3.05, 3.63) is 154 Å². The monoisotopic (exact) mass is 600 g/mol. The quantitative estimate of drug-likeness (QED) is 0.202. The Labute approximate surface area is 249 Å². The lowest BCUT2D eigenvalue weighted by atomic mass is 9.99. The molecule has 6 rings (SSSR count). The van der Waals surface area contributed by atoms with Gasteiger partial charge in [-0.25, -0.2) is 0 Å². The van der Waals surface area contributed by atoms with Crippen LogP contribution in [0.3, 0.4) is 0 Å². The van der Waals surface area contributed by atoms with Gasteiger partial charge in [-0.2, -0.15) is 5.26 Å². The van der Waals surface area contributed by atoms with Gasteiger partial charge in [0.05, 0.1) is 14.1 Å². The maximum Gasteiger partial charge on any atom is 0.100 e. The molecule has 4 aromatic carbocycles. The minimum Gasteiger partial charge on any atom is -0.265 e. The van der Waals surface area contributed by atoms with Crippen molar-refractivity contribution >= 4 is 61.8 Å². The van der Waals surface area contributed by atoms with Gasteiger partial charge in [0.15, 0.2) is 0 Å². The maximum absolute atomic E-state index is 9.96. The molecule has 5 heteroatoms. The van der Waals surface area contributed by atoms with Gasteiger partial charge < -0.3 is 0 Å². The van der Waals surface area contributed by atoms with Crippen molar-refractivity contribution in [1.29, 1.82) is 5.26 Å². The second-order valence-electron chi connectivity index (χ2n) is 8.78. The lowest BCUT2D eigenvalue weighted by Crippen LogP contribution is -1.85. The van der Waals surface area contributed by atoms with Crippen molar-refractivity contribution in [2.75, 3.05) is 7.15 Å². The van der Waals surface area contributed by atoms with E-state index in [2.05, 4.69) is 80.5 Å². The Bertz CT molecular complexity index is 1850. The standard InChI is InChI=1S/C18H12N2.C17H12BrN.CH3F/c19-13-18-16(6-5-14-9-11-20-12-10-14)8-7-15-3-1-2-4-17(15)18;18-17-15(6-5-13-9-11-19-12-10-13)8-7-14-3-1-2-4-16(14)17;1-2/h1-12H;1-12H;1H3/b2*6-5+;/i;;1D. The number of hydrogen-bond acceptors (Lipinski definition) is 3. The highest BCUT2D eigenvalue weighted by Crippen LogP contribution is 2.29. The number of hydrogen-bond donors (Lipinski definition) is 0. The van der Waals surface area contributed by atoms with Crippen LogP contribution in [0.5, 0.6) is 0 Å². The van der Waals surface area contributed by atoms with Crippen molar-refractivity contribution < 1.29 is 5.76 Å². The lowest BCUT2D eigenvalue weighted by molar-refractivity contribution is 0.636. The molecule has 0 unspecified atom stereocenters. The van der Waals surface area contributed by atoms with Gasteiger partial charge >= 0.3 is 0 Å². The van der Waals surface area contributed by atoms with E-state index in [9.17, 15) is 9.65 Å². The summed E-state index contributed by atoms with van der Waals surface area (Å²) in [6.45, 7) is 0. The van der Waals surface area contributed by atoms with Crippen LogP contribution in [0.15, 0.2) is 126 Å². The molecule has 0 bridgehead atoms. The third kappa shape index (κ3) is 7.60. The molecule has 3 nitrogen and oxygen atoms in total. The maximum atomic E-state index is 9.96. The Kier molecular flexibility index (Phi) is 10.1. The molecule has 0 radical (unpaired) electrons. The van der Waals surface area contributed by atoms with E-state index < -0.39 is 7.15 Å². The number of alkyl halides is 1. The normalized spacial score (nSPS) is 10.9. The molecule has 0 amide bonds. The smallest absolute Gasteiger partial charge is 0.100 e. The van der Waals surface area contributed by atoms with E-state index in [1.165, 1.54) is 16.3 Å². The van der Waals surface area contributed by atoms with E-state index in [1.54, 1.807) is 24.8 Å². The molecule has 0 saturated heterocycles. The van der Waals surface area contributed by atoms with Crippen molar-refractivity contribution in [3.63, 3.8) is 0 Å². The van der Waals surface area contributed by atoms with Gasteiger partial charge in [0.1, 0.15) is 6.07 Å². The van der Waals surface area contributed by atoms with Crippen LogP contribution < -0.4 is 0 Å². The number of halogens is 2. The van der Waals surface area contributed by atoms with Crippen molar-refractivity contribution in [3.8, 4) is 6.07 Å². The molecular weight excluding hydrogens is 573 g/mol. The Morgan fingerprint density at radius 1 is 0.659 bits per heavy atom. The zero-order valence-corrected chi connectivity index (χ0v) is 23.7. The molecule has 6 aromatic rings. The molecule has 41 heavy (non-hydrogen) atoms. The summed E-state index contributed by atoms with van der Waals surface area (Å²) in [6.07, 6.45) is 15.3. The largest absolute Gasteiger partial charge is 0.265 e. The summed E-state index contributed by atoms with van der Waals surface area (Å²) in [7, 11) is -1.00. The summed E-state index contributed by atoms with van der Waals surface area (Å²) in [6, 6.07) is 34.8. The van der Waals surface area contributed by atoms with E-state index >= 15 is 0 Å². The van der Waals surface area contributed by atoms with Crippen molar-refractivity contribution in [2.45, 2.75) is 0 Å². The van der Waals surface area contributed by atoms with Crippen LogP contribution in [0.25, 0.3) is 45.8 Å². The number of nitrogens with zero attached hydrogens (tertiary/aromatic N) is 3. The van der Waals surface area contributed by atoms with Gasteiger partial charge in [0.2, 0.25) is 0 Å². The van der Waals surface area contributed by atoms with Crippen LogP contribution in [0.1, 0.15) is 29.2 Å². The Balaban J connectivity index is 0.000000177. The van der Waals surface area contributed by atoms with Crippen LogP contribution in [-0.2, 0) is 0 Å². The van der Waals surface area contributed by atoms with Gasteiger partial charge in [0.25, 0.3) is 0 Å². The minimum atomic E-state index is -1.00. The molecule has 0 N–H and O–H groups in total. The van der Waals surface area contributed by atoms with Crippen molar-refractivity contribution in [1.82, 2.24) is 9.97 Å². The van der Waals surface area contributed by atoms with E-state index in [0.717, 1.165) is 31.9 Å². The summed E-state index contributed by atoms with van der Waals surface area (Å²) >= 11 is 3.69.